The van der Waals surface area contributed by atoms with E-state index in [9.17, 15) is 9.90 Å². The van der Waals surface area contributed by atoms with Gasteiger partial charge in [-0.15, -0.1) is 0 Å². The SMILES string of the molecule is CC1CCN(C(=O)NCc2ccc(Cl)cc2Cl)CC1O. The number of piperidine rings is 1. The summed E-state index contributed by atoms with van der Waals surface area (Å²) in [5.74, 6) is 0.241. The number of nitrogens with zero attached hydrogens (tertiary/aromatic N) is 1. The average molecular weight is 317 g/mol. The quantitative estimate of drug-likeness (QED) is 0.881. The van der Waals surface area contributed by atoms with Gasteiger partial charge in [-0.2, -0.15) is 0 Å². The molecule has 2 N–H and O–H groups in total. The van der Waals surface area contributed by atoms with Gasteiger partial charge in [0.2, 0.25) is 0 Å². The van der Waals surface area contributed by atoms with E-state index < -0.39 is 6.10 Å². The van der Waals surface area contributed by atoms with Crippen molar-refractivity contribution in [2.75, 3.05) is 13.1 Å². The second-order valence-electron chi connectivity index (χ2n) is 5.17. The van der Waals surface area contributed by atoms with Crippen molar-refractivity contribution in [3.8, 4) is 0 Å². The molecule has 1 aromatic rings. The molecule has 2 rings (SSSR count). The minimum atomic E-state index is -0.450. The molecule has 0 bridgehead atoms. The average Bonchev–Trinajstić information content (AvgIpc) is 2.40. The van der Waals surface area contributed by atoms with Crippen molar-refractivity contribution in [1.29, 1.82) is 0 Å². The zero-order chi connectivity index (χ0) is 14.7. The number of hydrogen-bond acceptors (Lipinski definition) is 2. The van der Waals surface area contributed by atoms with Crippen LogP contribution in [0.15, 0.2) is 18.2 Å². The molecule has 20 heavy (non-hydrogen) atoms. The van der Waals surface area contributed by atoms with Gasteiger partial charge in [-0.1, -0.05) is 36.2 Å². The number of aliphatic hydroxyl groups excluding tert-OH is 1. The largest absolute Gasteiger partial charge is 0.391 e. The van der Waals surface area contributed by atoms with Crippen molar-refractivity contribution in [2.24, 2.45) is 5.92 Å². The first-order valence-electron chi connectivity index (χ1n) is 6.62. The van der Waals surface area contributed by atoms with Gasteiger partial charge in [0.15, 0.2) is 0 Å². The molecule has 110 valence electrons. The van der Waals surface area contributed by atoms with Gasteiger partial charge in [-0.05, 0) is 30.0 Å². The van der Waals surface area contributed by atoms with Crippen LogP contribution in [0.2, 0.25) is 10.0 Å². The van der Waals surface area contributed by atoms with E-state index in [2.05, 4.69) is 5.32 Å². The molecule has 0 radical (unpaired) electrons. The van der Waals surface area contributed by atoms with E-state index >= 15 is 0 Å². The summed E-state index contributed by atoms with van der Waals surface area (Å²) in [6, 6.07) is 5.00. The van der Waals surface area contributed by atoms with Crippen LogP contribution in [0.1, 0.15) is 18.9 Å². The summed E-state index contributed by atoms with van der Waals surface area (Å²) >= 11 is 11.9. The number of rotatable bonds is 2. The molecule has 2 amide bonds. The van der Waals surface area contributed by atoms with E-state index in [0.717, 1.165) is 12.0 Å². The smallest absolute Gasteiger partial charge is 0.317 e. The van der Waals surface area contributed by atoms with Gasteiger partial charge in [-0.3, -0.25) is 0 Å². The second kappa shape index (κ2) is 6.66. The zero-order valence-corrected chi connectivity index (χ0v) is 12.8. The molecule has 2 unspecified atom stereocenters. The summed E-state index contributed by atoms with van der Waals surface area (Å²) in [7, 11) is 0. The Morgan fingerprint density at radius 1 is 1.50 bits per heavy atom. The van der Waals surface area contributed by atoms with E-state index in [1.165, 1.54) is 0 Å². The first kappa shape index (κ1) is 15.4. The Morgan fingerprint density at radius 3 is 2.90 bits per heavy atom. The van der Waals surface area contributed by atoms with Gasteiger partial charge in [0.25, 0.3) is 0 Å². The van der Waals surface area contributed by atoms with Gasteiger partial charge in [0.1, 0.15) is 0 Å². The third-order valence-electron chi connectivity index (χ3n) is 3.65. The highest BCUT2D eigenvalue weighted by Gasteiger charge is 2.27. The number of amides is 2. The number of aliphatic hydroxyl groups is 1. The minimum absolute atomic E-state index is 0.179. The fraction of sp³-hybridized carbons (Fsp3) is 0.500. The predicted molar refractivity (Wildman–Crippen MR) is 80.1 cm³/mol. The maximum Gasteiger partial charge on any atom is 0.317 e. The number of β-amino-alcohol motifs (C(OH)–C–C–N with tert-alkyl or cyclic N) is 1. The summed E-state index contributed by atoms with van der Waals surface area (Å²) < 4.78 is 0. The molecule has 0 spiro atoms. The van der Waals surface area contributed by atoms with Crippen LogP contribution >= 0.6 is 23.2 Å². The number of hydrogen-bond donors (Lipinski definition) is 2. The Kier molecular flexibility index (Phi) is 5.13. The number of nitrogens with one attached hydrogen (secondary N) is 1. The summed E-state index contributed by atoms with van der Waals surface area (Å²) in [6.07, 6.45) is 0.365. The van der Waals surface area contributed by atoms with Gasteiger partial charge in [-0.25, -0.2) is 4.79 Å². The molecule has 0 aliphatic carbocycles. The first-order valence-corrected chi connectivity index (χ1v) is 7.37. The monoisotopic (exact) mass is 316 g/mol. The van der Waals surface area contributed by atoms with Crippen molar-refractivity contribution in [3.63, 3.8) is 0 Å². The van der Waals surface area contributed by atoms with Crippen molar-refractivity contribution in [3.05, 3.63) is 33.8 Å². The minimum Gasteiger partial charge on any atom is -0.391 e. The van der Waals surface area contributed by atoms with Crippen LogP contribution in [-0.2, 0) is 6.54 Å². The standard InChI is InChI=1S/C14H18Cl2N2O2/c1-9-4-5-18(8-13(9)19)14(20)17-7-10-2-3-11(15)6-12(10)16/h2-3,6,9,13,19H,4-5,7-8H2,1H3,(H,17,20). The Morgan fingerprint density at radius 2 is 2.25 bits per heavy atom. The molecule has 1 aliphatic rings. The van der Waals surface area contributed by atoms with E-state index in [4.69, 9.17) is 23.2 Å². The molecule has 0 saturated carbocycles. The number of carbonyl (C=O) groups is 1. The van der Waals surface area contributed by atoms with Crippen LogP contribution in [0.25, 0.3) is 0 Å². The number of urea groups is 1. The summed E-state index contributed by atoms with van der Waals surface area (Å²) in [5, 5.41) is 13.7. The highest BCUT2D eigenvalue weighted by Crippen LogP contribution is 2.21. The highest BCUT2D eigenvalue weighted by molar-refractivity contribution is 6.35. The van der Waals surface area contributed by atoms with Gasteiger partial charge in [0, 0.05) is 29.7 Å². The Bertz CT molecular complexity index is 496. The molecular formula is C14H18Cl2N2O2. The lowest BCUT2D eigenvalue weighted by Crippen LogP contribution is -2.49. The van der Waals surface area contributed by atoms with Gasteiger partial charge in [0.05, 0.1) is 6.10 Å². The normalized spacial score (nSPS) is 22.7. The van der Waals surface area contributed by atoms with Crippen LogP contribution in [0.5, 0.6) is 0 Å². The van der Waals surface area contributed by atoms with Crippen LogP contribution in [0.4, 0.5) is 4.79 Å². The lowest BCUT2D eigenvalue weighted by Gasteiger charge is -2.34. The van der Waals surface area contributed by atoms with E-state index in [1.54, 1.807) is 23.1 Å². The molecule has 1 heterocycles. The third kappa shape index (κ3) is 3.78. The number of halogens is 2. The van der Waals surface area contributed by atoms with Crippen molar-refractivity contribution >= 4 is 29.2 Å². The molecule has 1 fully saturated rings. The molecule has 0 aromatic heterocycles. The lowest BCUT2D eigenvalue weighted by molar-refractivity contribution is 0.0435. The fourth-order valence-corrected chi connectivity index (χ4v) is 2.66. The first-order chi connectivity index (χ1) is 9.47. The molecule has 4 nitrogen and oxygen atoms in total. The second-order valence-corrected chi connectivity index (χ2v) is 6.02. The summed E-state index contributed by atoms with van der Waals surface area (Å²) in [6.45, 7) is 3.38. The van der Waals surface area contributed by atoms with E-state index in [-0.39, 0.29) is 11.9 Å². The summed E-state index contributed by atoms with van der Waals surface area (Å²) in [4.78, 5) is 13.7. The Labute approximate surface area is 128 Å². The molecule has 6 heteroatoms. The van der Waals surface area contributed by atoms with Gasteiger partial charge >= 0.3 is 6.03 Å². The molecular weight excluding hydrogens is 299 g/mol. The van der Waals surface area contributed by atoms with Crippen LogP contribution in [0.3, 0.4) is 0 Å². The molecule has 1 aromatic carbocycles. The van der Waals surface area contributed by atoms with Crippen molar-refractivity contribution < 1.29 is 9.90 Å². The van der Waals surface area contributed by atoms with Gasteiger partial charge < -0.3 is 15.3 Å². The van der Waals surface area contributed by atoms with E-state index in [1.807, 2.05) is 6.92 Å². The molecule has 1 aliphatic heterocycles. The van der Waals surface area contributed by atoms with E-state index in [0.29, 0.717) is 29.7 Å². The zero-order valence-electron chi connectivity index (χ0n) is 11.3. The predicted octanol–water partition coefficient (Wildman–Crippen LogP) is 2.91. The maximum atomic E-state index is 12.0. The Hall–Kier alpha value is -0.970. The topological polar surface area (TPSA) is 52.6 Å². The number of likely N-dealkylation sites (tertiary alicyclic amines) is 1. The van der Waals surface area contributed by atoms with Crippen LogP contribution < -0.4 is 5.32 Å². The van der Waals surface area contributed by atoms with Crippen LogP contribution in [-0.4, -0.2) is 35.2 Å². The fourth-order valence-electron chi connectivity index (χ4n) is 2.18. The molecule has 2 atom stereocenters. The van der Waals surface area contributed by atoms with Crippen molar-refractivity contribution in [1.82, 2.24) is 10.2 Å². The van der Waals surface area contributed by atoms with Crippen molar-refractivity contribution in [2.45, 2.75) is 26.0 Å². The Balaban J connectivity index is 1.89. The third-order valence-corrected chi connectivity index (χ3v) is 4.24. The lowest BCUT2D eigenvalue weighted by atomic mass is 9.96. The highest BCUT2D eigenvalue weighted by atomic mass is 35.5. The molecule has 1 saturated heterocycles. The number of benzene rings is 1. The number of carbonyl (C=O) groups excluding carboxylic acids is 1. The summed E-state index contributed by atoms with van der Waals surface area (Å²) in [5.41, 5.74) is 0.815. The van der Waals surface area contributed by atoms with Crippen LogP contribution in [0, 0.1) is 5.92 Å². The maximum absolute atomic E-state index is 12.0.